The molecule has 0 saturated heterocycles. The number of carbonyl (C=O) groups excluding carboxylic acids is 1. The average Bonchev–Trinajstić information content (AvgIpc) is 2.65. The number of benzene rings is 3. The first kappa shape index (κ1) is 16.3. The van der Waals surface area contributed by atoms with Crippen LogP contribution >= 0.6 is 0 Å². The molecule has 2 heteroatoms. The number of fused-ring (bicyclic) bond motifs is 1. The van der Waals surface area contributed by atoms with Crippen molar-refractivity contribution in [3.05, 3.63) is 83.4 Å². The van der Waals surface area contributed by atoms with Gasteiger partial charge in [-0.2, -0.15) is 0 Å². The lowest BCUT2D eigenvalue weighted by molar-refractivity contribution is -0.121. The summed E-state index contributed by atoms with van der Waals surface area (Å²) in [5.41, 5.74) is 3.68. The summed E-state index contributed by atoms with van der Waals surface area (Å²) in [4.78, 5) is 12.1. The molecule has 24 heavy (non-hydrogen) atoms. The number of amides is 1. The van der Waals surface area contributed by atoms with Crippen LogP contribution in [-0.2, 0) is 24.2 Å². The van der Waals surface area contributed by atoms with Crippen molar-refractivity contribution in [2.45, 2.75) is 32.7 Å². The number of hydrogen-bond acceptors (Lipinski definition) is 1. The Hall–Kier alpha value is -2.61. The van der Waals surface area contributed by atoms with Gasteiger partial charge in [0.05, 0.1) is 0 Å². The third-order valence-electron chi connectivity index (χ3n) is 4.38. The first-order valence-electron chi connectivity index (χ1n) is 8.57. The average molecular weight is 317 g/mol. The molecule has 0 bridgehead atoms. The van der Waals surface area contributed by atoms with Crippen LogP contribution in [0, 0.1) is 0 Å². The van der Waals surface area contributed by atoms with Crippen LogP contribution in [0.5, 0.6) is 0 Å². The molecule has 3 aromatic rings. The van der Waals surface area contributed by atoms with Crippen LogP contribution in [0.15, 0.2) is 66.7 Å². The first-order chi connectivity index (χ1) is 11.7. The molecule has 0 fully saturated rings. The highest BCUT2D eigenvalue weighted by atomic mass is 16.1. The summed E-state index contributed by atoms with van der Waals surface area (Å²) in [5, 5.41) is 5.45. The quantitative estimate of drug-likeness (QED) is 0.704. The van der Waals surface area contributed by atoms with Crippen molar-refractivity contribution in [1.29, 1.82) is 0 Å². The maximum Gasteiger partial charge on any atom is 0.220 e. The highest BCUT2D eigenvalue weighted by molar-refractivity contribution is 5.83. The van der Waals surface area contributed by atoms with Gasteiger partial charge >= 0.3 is 0 Å². The molecule has 0 radical (unpaired) electrons. The van der Waals surface area contributed by atoms with Crippen molar-refractivity contribution in [1.82, 2.24) is 5.32 Å². The summed E-state index contributed by atoms with van der Waals surface area (Å²) in [5.74, 6) is 0.0997. The number of carbonyl (C=O) groups is 1. The van der Waals surface area contributed by atoms with Gasteiger partial charge in [0.15, 0.2) is 0 Å². The molecule has 1 N–H and O–H groups in total. The first-order valence-corrected chi connectivity index (χ1v) is 8.57. The Balaban J connectivity index is 1.50. The fourth-order valence-corrected chi connectivity index (χ4v) is 2.84. The van der Waals surface area contributed by atoms with E-state index in [-0.39, 0.29) is 5.91 Å². The maximum absolute atomic E-state index is 12.1. The summed E-state index contributed by atoms with van der Waals surface area (Å²) >= 11 is 0. The van der Waals surface area contributed by atoms with Crippen molar-refractivity contribution < 1.29 is 4.79 Å². The number of hydrogen-bond donors (Lipinski definition) is 1. The van der Waals surface area contributed by atoms with Gasteiger partial charge in [-0.25, -0.2) is 0 Å². The SMILES string of the molecule is CCc1ccc(CCC(=O)NCc2ccc3ccccc3c2)cc1. The van der Waals surface area contributed by atoms with E-state index in [2.05, 4.69) is 66.8 Å². The molecule has 122 valence electrons. The molecule has 0 aliphatic heterocycles. The van der Waals surface area contributed by atoms with Crippen LogP contribution in [-0.4, -0.2) is 5.91 Å². The van der Waals surface area contributed by atoms with E-state index in [0.717, 1.165) is 18.4 Å². The fourth-order valence-electron chi connectivity index (χ4n) is 2.84. The third-order valence-corrected chi connectivity index (χ3v) is 4.38. The summed E-state index contributed by atoms with van der Waals surface area (Å²) in [6, 6.07) is 23.1. The lowest BCUT2D eigenvalue weighted by Crippen LogP contribution is -2.22. The predicted molar refractivity (Wildman–Crippen MR) is 99.9 cm³/mol. The Kier molecular flexibility index (Phi) is 5.27. The second-order valence-corrected chi connectivity index (χ2v) is 6.13. The molecule has 0 aromatic heterocycles. The Labute approximate surface area is 143 Å². The third kappa shape index (κ3) is 4.23. The Bertz CT molecular complexity index is 821. The lowest BCUT2D eigenvalue weighted by atomic mass is 10.1. The second kappa shape index (κ2) is 7.78. The van der Waals surface area contributed by atoms with E-state index in [4.69, 9.17) is 0 Å². The van der Waals surface area contributed by atoms with Gasteiger partial charge in [-0.3, -0.25) is 4.79 Å². The minimum Gasteiger partial charge on any atom is -0.352 e. The standard InChI is InChI=1S/C22H23NO/c1-2-17-7-9-18(10-8-17)12-14-22(24)23-16-19-11-13-20-5-3-4-6-21(20)15-19/h3-11,13,15H,2,12,14,16H2,1H3,(H,23,24). The Morgan fingerprint density at radius 1 is 0.833 bits per heavy atom. The Morgan fingerprint density at radius 3 is 2.25 bits per heavy atom. The normalized spacial score (nSPS) is 10.7. The van der Waals surface area contributed by atoms with E-state index >= 15 is 0 Å². The van der Waals surface area contributed by atoms with Crippen molar-refractivity contribution in [3.8, 4) is 0 Å². The van der Waals surface area contributed by atoms with Crippen LogP contribution in [0.1, 0.15) is 30.0 Å². The second-order valence-electron chi connectivity index (χ2n) is 6.13. The molecule has 3 rings (SSSR count). The maximum atomic E-state index is 12.1. The van der Waals surface area contributed by atoms with Gasteiger partial charge < -0.3 is 5.32 Å². The van der Waals surface area contributed by atoms with E-state index < -0.39 is 0 Å². The highest BCUT2D eigenvalue weighted by Gasteiger charge is 2.03. The van der Waals surface area contributed by atoms with Crippen LogP contribution < -0.4 is 5.32 Å². The number of rotatable bonds is 6. The van der Waals surface area contributed by atoms with Crippen molar-refractivity contribution in [2.75, 3.05) is 0 Å². The van der Waals surface area contributed by atoms with Gasteiger partial charge in [0.1, 0.15) is 0 Å². The van der Waals surface area contributed by atoms with Gasteiger partial charge in [-0.1, -0.05) is 67.6 Å². The Morgan fingerprint density at radius 2 is 1.50 bits per heavy atom. The topological polar surface area (TPSA) is 29.1 Å². The molecule has 0 unspecified atom stereocenters. The van der Waals surface area contributed by atoms with E-state index in [0.29, 0.717) is 13.0 Å². The van der Waals surface area contributed by atoms with Gasteiger partial charge in [0, 0.05) is 13.0 Å². The molecular formula is C22H23NO. The summed E-state index contributed by atoms with van der Waals surface area (Å²) in [6.45, 7) is 2.73. The molecule has 2 nitrogen and oxygen atoms in total. The van der Waals surface area contributed by atoms with Crippen LogP contribution in [0.3, 0.4) is 0 Å². The molecule has 0 atom stereocenters. The van der Waals surface area contributed by atoms with Gasteiger partial charge in [-0.15, -0.1) is 0 Å². The molecule has 0 spiro atoms. The zero-order valence-corrected chi connectivity index (χ0v) is 14.1. The predicted octanol–water partition coefficient (Wildman–Crippen LogP) is 4.65. The zero-order chi connectivity index (χ0) is 16.8. The number of nitrogens with one attached hydrogen (secondary N) is 1. The summed E-state index contributed by atoms with van der Waals surface area (Å²) in [7, 11) is 0. The molecule has 1 amide bonds. The van der Waals surface area contributed by atoms with Crippen LogP contribution in [0.4, 0.5) is 0 Å². The molecular weight excluding hydrogens is 294 g/mol. The summed E-state index contributed by atoms with van der Waals surface area (Å²) in [6.07, 6.45) is 2.36. The smallest absolute Gasteiger partial charge is 0.220 e. The van der Waals surface area contributed by atoms with Crippen LogP contribution in [0.25, 0.3) is 10.8 Å². The fraction of sp³-hybridized carbons (Fsp3) is 0.227. The molecule has 3 aromatic carbocycles. The van der Waals surface area contributed by atoms with Crippen molar-refractivity contribution >= 4 is 16.7 Å². The highest BCUT2D eigenvalue weighted by Crippen LogP contribution is 2.15. The van der Waals surface area contributed by atoms with Gasteiger partial charge in [0.2, 0.25) is 5.91 Å². The largest absolute Gasteiger partial charge is 0.352 e. The van der Waals surface area contributed by atoms with E-state index in [1.807, 2.05) is 12.1 Å². The molecule has 0 aliphatic rings. The minimum atomic E-state index is 0.0997. The molecule has 0 heterocycles. The van der Waals surface area contributed by atoms with Gasteiger partial charge in [-0.05, 0) is 46.4 Å². The lowest BCUT2D eigenvalue weighted by Gasteiger charge is -2.07. The van der Waals surface area contributed by atoms with E-state index in [1.54, 1.807) is 0 Å². The molecule has 0 saturated carbocycles. The monoisotopic (exact) mass is 317 g/mol. The van der Waals surface area contributed by atoms with Crippen LogP contribution in [0.2, 0.25) is 0 Å². The zero-order valence-electron chi connectivity index (χ0n) is 14.1. The van der Waals surface area contributed by atoms with Crippen molar-refractivity contribution in [2.24, 2.45) is 0 Å². The summed E-state index contributed by atoms with van der Waals surface area (Å²) < 4.78 is 0. The molecule has 0 aliphatic carbocycles. The van der Waals surface area contributed by atoms with E-state index in [9.17, 15) is 4.79 Å². The number of aryl methyl sites for hydroxylation is 2. The minimum absolute atomic E-state index is 0.0997. The van der Waals surface area contributed by atoms with Crippen molar-refractivity contribution in [3.63, 3.8) is 0 Å². The van der Waals surface area contributed by atoms with Gasteiger partial charge in [0.25, 0.3) is 0 Å². The van der Waals surface area contributed by atoms with E-state index in [1.165, 1.54) is 21.9 Å².